The van der Waals surface area contributed by atoms with Gasteiger partial charge in [0, 0.05) is 10.3 Å². The molecular weight excluding hydrogens is 465 g/mol. The van der Waals surface area contributed by atoms with Crippen molar-refractivity contribution in [2.24, 2.45) is 0 Å². The summed E-state index contributed by atoms with van der Waals surface area (Å²) < 4.78 is 14.2. The molecule has 2 aromatic carbocycles. The highest BCUT2D eigenvalue weighted by atomic mass is 32.2. The summed E-state index contributed by atoms with van der Waals surface area (Å²) in [7, 11) is -1.38. The lowest BCUT2D eigenvalue weighted by molar-refractivity contribution is 0.589. The number of thiophene rings is 2. The number of fused-ring (bicyclic) bond motifs is 1. The lowest BCUT2D eigenvalue weighted by Gasteiger charge is -2.19. The Balaban J connectivity index is 1.67. The molecule has 0 amide bonds. The summed E-state index contributed by atoms with van der Waals surface area (Å²) in [5, 5.41) is 2.93. The minimum atomic E-state index is -1.38. The fraction of sp³-hybridized carbons (Fsp3) is 0.148. The lowest BCUT2D eigenvalue weighted by Crippen LogP contribution is -2.10. The van der Waals surface area contributed by atoms with Crippen LogP contribution in [-0.2, 0) is 16.2 Å². The molecule has 0 unspecified atom stereocenters. The molecule has 0 aliphatic carbocycles. The van der Waals surface area contributed by atoms with E-state index in [2.05, 4.69) is 57.2 Å². The first-order valence-corrected chi connectivity index (χ1v) is 13.5. The maximum atomic E-state index is 13.6. The number of anilines is 1. The molecule has 166 valence electrons. The van der Waals surface area contributed by atoms with E-state index in [1.165, 1.54) is 16.9 Å². The van der Waals surface area contributed by atoms with E-state index < -0.39 is 10.8 Å². The van der Waals surface area contributed by atoms with Crippen LogP contribution in [0.25, 0.3) is 31.9 Å². The molecule has 0 fully saturated rings. The van der Waals surface area contributed by atoms with Crippen molar-refractivity contribution in [3.63, 3.8) is 0 Å². The highest BCUT2D eigenvalue weighted by Crippen LogP contribution is 2.44. The Bertz CT molecular complexity index is 1450. The van der Waals surface area contributed by atoms with Crippen molar-refractivity contribution in [3.05, 3.63) is 83.7 Å². The highest BCUT2D eigenvalue weighted by Gasteiger charge is 2.22. The summed E-state index contributed by atoms with van der Waals surface area (Å²) in [5.41, 5.74) is 11.5. The fourth-order valence-corrected chi connectivity index (χ4v) is 7.09. The van der Waals surface area contributed by atoms with Crippen molar-refractivity contribution in [3.8, 4) is 21.7 Å². The number of aromatic nitrogens is 1. The van der Waals surface area contributed by atoms with E-state index in [4.69, 9.17) is 10.7 Å². The van der Waals surface area contributed by atoms with Crippen LogP contribution in [0.5, 0.6) is 0 Å². The molecule has 1 atom stereocenters. The Morgan fingerprint density at radius 3 is 2.30 bits per heavy atom. The Morgan fingerprint density at radius 1 is 0.939 bits per heavy atom. The van der Waals surface area contributed by atoms with Crippen molar-refractivity contribution >= 4 is 49.4 Å². The summed E-state index contributed by atoms with van der Waals surface area (Å²) in [6.45, 7) is 6.51. The molecule has 0 bridgehead atoms. The van der Waals surface area contributed by atoms with E-state index in [-0.39, 0.29) is 5.41 Å². The minimum absolute atomic E-state index is 0.0450. The van der Waals surface area contributed by atoms with Gasteiger partial charge in [0.1, 0.15) is 9.04 Å². The number of rotatable bonds is 4. The van der Waals surface area contributed by atoms with Crippen molar-refractivity contribution in [2.45, 2.75) is 35.3 Å². The Morgan fingerprint density at radius 2 is 1.67 bits per heavy atom. The molecule has 0 aliphatic heterocycles. The van der Waals surface area contributed by atoms with Crippen molar-refractivity contribution < 1.29 is 4.21 Å². The van der Waals surface area contributed by atoms with Crippen LogP contribution in [0.2, 0.25) is 0 Å². The third-order valence-electron chi connectivity index (χ3n) is 5.63. The Labute approximate surface area is 204 Å². The van der Waals surface area contributed by atoms with Gasteiger partial charge in [-0.2, -0.15) is 0 Å². The van der Waals surface area contributed by atoms with Crippen LogP contribution in [-0.4, -0.2) is 9.19 Å². The van der Waals surface area contributed by atoms with Gasteiger partial charge in [-0.25, -0.2) is 9.19 Å². The second kappa shape index (κ2) is 8.52. The first-order chi connectivity index (χ1) is 15.8. The summed E-state index contributed by atoms with van der Waals surface area (Å²) in [6.07, 6.45) is 0. The number of hydrogen-bond donors (Lipinski definition) is 1. The van der Waals surface area contributed by atoms with Crippen molar-refractivity contribution in [1.82, 2.24) is 4.98 Å². The van der Waals surface area contributed by atoms with Gasteiger partial charge in [0.2, 0.25) is 0 Å². The number of nitrogen functional groups attached to an aromatic ring is 1. The Hall–Kier alpha value is -2.80. The van der Waals surface area contributed by atoms with Crippen LogP contribution in [0.15, 0.2) is 87.3 Å². The zero-order chi connectivity index (χ0) is 23.2. The van der Waals surface area contributed by atoms with Gasteiger partial charge in [-0.15, -0.1) is 22.7 Å². The van der Waals surface area contributed by atoms with Crippen LogP contribution in [0.4, 0.5) is 5.69 Å². The van der Waals surface area contributed by atoms with E-state index in [9.17, 15) is 4.21 Å². The maximum Gasteiger partial charge on any atom is 0.127 e. The van der Waals surface area contributed by atoms with E-state index in [0.717, 1.165) is 36.8 Å². The van der Waals surface area contributed by atoms with Gasteiger partial charge in [0.15, 0.2) is 0 Å². The molecule has 6 heteroatoms. The average Bonchev–Trinajstić information content (AvgIpc) is 3.47. The molecule has 0 spiro atoms. The molecule has 3 aromatic heterocycles. The zero-order valence-electron chi connectivity index (χ0n) is 18.7. The Kier molecular flexibility index (Phi) is 5.69. The van der Waals surface area contributed by atoms with Crippen LogP contribution < -0.4 is 5.73 Å². The second-order valence-electron chi connectivity index (χ2n) is 8.92. The van der Waals surface area contributed by atoms with Crippen LogP contribution in [0, 0.1) is 0 Å². The summed E-state index contributed by atoms with van der Waals surface area (Å²) >= 11 is 3.08. The van der Waals surface area contributed by atoms with E-state index in [1.807, 2.05) is 41.8 Å². The van der Waals surface area contributed by atoms with Gasteiger partial charge in [0.05, 0.1) is 27.1 Å². The van der Waals surface area contributed by atoms with Crippen molar-refractivity contribution in [2.75, 3.05) is 5.73 Å². The topological polar surface area (TPSA) is 56.0 Å². The SMILES string of the molecule is CC(C)(C)c1ccc([S@](=O)c2sc3nc(-c4cccs4)cc(-c4ccccc4)c3c2N)cc1. The maximum absolute atomic E-state index is 13.6. The van der Waals surface area contributed by atoms with Gasteiger partial charge in [-0.3, -0.25) is 0 Å². The third-order valence-corrected chi connectivity index (χ3v) is 9.37. The standard InChI is InChI=1S/C27H24N2OS3/c1-27(2,3)18-11-13-19(14-12-18)33(30)26-24(28)23-20(17-8-5-4-6-9-17)16-21(29-25(23)32-26)22-10-7-15-31-22/h4-16H,28H2,1-3H3/t33-/m0/s1. The molecule has 0 saturated heterocycles. The predicted molar refractivity (Wildman–Crippen MR) is 143 cm³/mol. The highest BCUT2D eigenvalue weighted by molar-refractivity contribution is 7.87. The summed E-state index contributed by atoms with van der Waals surface area (Å²) in [6, 6.07) is 24.4. The molecule has 33 heavy (non-hydrogen) atoms. The second-order valence-corrected chi connectivity index (χ2v) is 12.5. The smallest absolute Gasteiger partial charge is 0.127 e. The molecule has 3 nitrogen and oxygen atoms in total. The third kappa shape index (κ3) is 4.14. The van der Waals surface area contributed by atoms with E-state index in [0.29, 0.717) is 9.90 Å². The average molecular weight is 489 g/mol. The zero-order valence-corrected chi connectivity index (χ0v) is 21.1. The number of benzene rings is 2. The molecule has 5 rings (SSSR count). The van der Waals surface area contributed by atoms with Crippen LogP contribution >= 0.6 is 22.7 Å². The lowest BCUT2D eigenvalue weighted by atomic mass is 9.87. The minimum Gasteiger partial charge on any atom is -0.396 e. The molecular formula is C27H24N2OS3. The first kappa shape index (κ1) is 22.0. The van der Waals surface area contributed by atoms with Gasteiger partial charge in [0.25, 0.3) is 0 Å². The monoisotopic (exact) mass is 488 g/mol. The molecule has 3 heterocycles. The van der Waals surface area contributed by atoms with Gasteiger partial charge in [-0.1, -0.05) is 69.3 Å². The molecule has 0 radical (unpaired) electrons. The van der Waals surface area contributed by atoms with Crippen LogP contribution in [0.1, 0.15) is 26.3 Å². The summed E-state index contributed by atoms with van der Waals surface area (Å²) in [4.78, 5) is 7.58. The van der Waals surface area contributed by atoms with Crippen LogP contribution in [0.3, 0.4) is 0 Å². The molecule has 2 N–H and O–H groups in total. The summed E-state index contributed by atoms with van der Waals surface area (Å²) in [5.74, 6) is 0. The largest absolute Gasteiger partial charge is 0.396 e. The quantitative estimate of drug-likeness (QED) is 0.281. The number of hydrogen-bond acceptors (Lipinski definition) is 5. The van der Waals surface area contributed by atoms with E-state index >= 15 is 0 Å². The van der Waals surface area contributed by atoms with Crippen molar-refractivity contribution in [1.29, 1.82) is 0 Å². The van der Waals surface area contributed by atoms with Gasteiger partial charge >= 0.3 is 0 Å². The normalized spacial score (nSPS) is 12.8. The number of nitrogens with two attached hydrogens (primary N) is 1. The number of nitrogens with zero attached hydrogens (tertiary/aromatic N) is 1. The van der Waals surface area contributed by atoms with Gasteiger partial charge in [-0.05, 0) is 51.8 Å². The van der Waals surface area contributed by atoms with Gasteiger partial charge < -0.3 is 5.73 Å². The molecule has 0 aliphatic rings. The fourth-order valence-electron chi connectivity index (χ4n) is 3.82. The molecule has 0 saturated carbocycles. The van der Waals surface area contributed by atoms with E-state index in [1.54, 1.807) is 11.3 Å². The number of pyridine rings is 1. The molecule has 5 aromatic rings. The predicted octanol–water partition coefficient (Wildman–Crippen LogP) is 7.74. The first-order valence-electron chi connectivity index (χ1n) is 10.7.